The van der Waals surface area contributed by atoms with Crippen LogP contribution in [-0.2, 0) is 17.5 Å². The molecule has 4 rings (SSSR count). The van der Waals surface area contributed by atoms with Crippen LogP contribution in [0.2, 0.25) is 0 Å². The van der Waals surface area contributed by atoms with E-state index in [2.05, 4.69) is 14.9 Å². The Morgan fingerprint density at radius 3 is 2.56 bits per heavy atom. The maximum absolute atomic E-state index is 13.5. The molecule has 8 heteroatoms. The summed E-state index contributed by atoms with van der Waals surface area (Å²) in [4.78, 5) is 9.92. The van der Waals surface area contributed by atoms with Gasteiger partial charge in [0.15, 0.2) is 5.69 Å². The SMILES string of the molecule is FC(F)(F)c1nccc2c3ccncc3n(CCN3CCOCC3)c12. The lowest BCUT2D eigenvalue weighted by molar-refractivity contribution is -0.140. The van der Waals surface area contributed by atoms with Gasteiger partial charge in [0.25, 0.3) is 0 Å². The summed E-state index contributed by atoms with van der Waals surface area (Å²) >= 11 is 0. The van der Waals surface area contributed by atoms with Gasteiger partial charge < -0.3 is 9.30 Å². The Labute approximate surface area is 142 Å². The van der Waals surface area contributed by atoms with E-state index in [-0.39, 0.29) is 5.52 Å². The molecule has 132 valence electrons. The van der Waals surface area contributed by atoms with Crippen LogP contribution in [0.1, 0.15) is 5.69 Å². The highest BCUT2D eigenvalue weighted by Gasteiger charge is 2.36. The van der Waals surface area contributed by atoms with Crippen LogP contribution in [-0.4, -0.2) is 52.3 Å². The molecule has 4 heterocycles. The lowest BCUT2D eigenvalue weighted by atomic mass is 10.2. The van der Waals surface area contributed by atoms with E-state index >= 15 is 0 Å². The second-order valence-corrected chi connectivity index (χ2v) is 6.05. The zero-order chi connectivity index (χ0) is 17.4. The molecule has 0 unspecified atom stereocenters. The lowest BCUT2D eigenvalue weighted by Crippen LogP contribution is -2.38. The Morgan fingerprint density at radius 1 is 1.04 bits per heavy atom. The standard InChI is InChI=1S/C17H17F3N4O/c18-17(19,20)16-15-13(2-4-22-16)12-1-3-21-11-14(12)24(15)6-5-23-7-9-25-10-8-23/h1-4,11H,5-10H2. The Balaban J connectivity index is 1.84. The van der Waals surface area contributed by atoms with Crippen molar-refractivity contribution in [2.75, 3.05) is 32.8 Å². The van der Waals surface area contributed by atoms with Crippen molar-refractivity contribution in [2.45, 2.75) is 12.7 Å². The summed E-state index contributed by atoms with van der Waals surface area (Å²) in [6.07, 6.45) is -0.0635. The van der Waals surface area contributed by atoms with Crippen molar-refractivity contribution in [3.05, 3.63) is 36.4 Å². The third-order valence-electron chi connectivity index (χ3n) is 4.59. The fourth-order valence-electron chi connectivity index (χ4n) is 3.40. The molecule has 3 aromatic heterocycles. The molecule has 0 saturated carbocycles. The molecule has 1 saturated heterocycles. The van der Waals surface area contributed by atoms with Gasteiger partial charge in [-0.15, -0.1) is 0 Å². The van der Waals surface area contributed by atoms with Gasteiger partial charge in [-0.05, 0) is 12.1 Å². The smallest absolute Gasteiger partial charge is 0.379 e. The van der Waals surface area contributed by atoms with Crippen molar-refractivity contribution in [3.8, 4) is 0 Å². The second-order valence-electron chi connectivity index (χ2n) is 6.05. The monoisotopic (exact) mass is 350 g/mol. The summed E-state index contributed by atoms with van der Waals surface area (Å²) < 4.78 is 47.5. The first-order chi connectivity index (χ1) is 12.1. The van der Waals surface area contributed by atoms with Crippen LogP contribution in [0.25, 0.3) is 21.8 Å². The maximum atomic E-state index is 13.5. The van der Waals surface area contributed by atoms with Gasteiger partial charge in [0.2, 0.25) is 0 Å². The first-order valence-electron chi connectivity index (χ1n) is 8.14. The second kappa shape index (κ2) is 6.27. The van der Waals surface area contributed by atoms with E-state index in [0.29, 0.717) is 37.2 Å². The van der Waals surface area contributed by atoms with Gasteiger partial charge in [-0.2, -0.15) is 13.2 Å². The van der Waals surface area contributed by atoms with E-state index in [0.717, 1.165) is 18.5 Å². The van der Waals surface area contributed by atoms with Crippen molar-refractivity contribution in [1.29, 1.82) is 0 Å². The topological polar surface area (TPSA) is 43.2 Å². The van der Waals surface area contributed by atoms with E-state index in [4.69, 9.17) is 4.74 Å². The molecule has 1 fully saturated rings. The van der Waals surface area contributed by atoms with Crippen molar-refractivity contribution in [3.63, 3.8) is 0 Å². The number of morpholine rings is 1. The minimum Gasteiger partial charge on any atom is -0.379 e. The van der Waals surface area contributed by atoms with Gasteiger partial charge >= 0.3 is 6.18 Å². The maximum Gasteiger partial charge on any atom is 0.435 e. The van der Waals surface area contributed by atoms with E-state index < -0.39 is 11.9 Å². The lowest BCUT2D eigenvalue weighted by Gasteiger charge is -2.27. The number of pyridine rings is 2. The highest BCUT2D eigenvalue weighted by molar-refractivity contribution is 6.08. The Hall–Kier alpha value is -2.19. The van der Waals surface area contributed by atoms with Gasteiger partial charge in [0.1, 0.15) is 0 Å². The highest BCUT2D eigenvalue weighted by atomic mass is 19.4. The van der Waals surface area contributed by atoms with Gasteiger partial charge in [-0.3, -0.25) is 9.88 Å². The van der Waals surface area contributed by atoms with Crippen LogP contribution in [0.3, 0.4) is 0 Å². The molecule has 0 N–H and O–H groups in total. The fourth-order valence-corrected chi connectivity index (χ4v) is 3.40. The molecule has 5 nitrogen and oxygen atoms in total. The van der Waals surface area contributed by atoms with Crippen molar-refractivity contribution >= 4 is 21.8 Å². The number of hydrogen-bond acceptors (Lipinski definition) is 4. The molecular formula is C17H17F3N4O. The molecule has 1 aliphatic rings. The molecule has 0 radical (unpaired) electrons. The summed E-state index contributed by atoms with van der Waals surface area (Å²) in [6, 6.07) is 3.39. The number of rotatable bonds is 3. The Bertz CT molecular complexity index is 900. The Kier molecular flexibility index (Phi) is 4.09. The van der Waals surface area contributed by atoms with Crippen molar-refractivity contribution in [1.82, 2.24) is 19.4 Å². The number of fused-ring (bicyclic) bond motifs is 3. The summed E-state index contributed by atoms with van der Waals surface area (Å²) in [5.74, 6) is 0. The highest BCUT2D eigenvalue weighted by Crippen LogP contribution is 2.37. The van der Waals surface area contributed by atoms with Crippen LogP contribution in [0.15, 0.2) is 30.7 Å². The van der Waals surface area contributed by atoms with Gasteiger partial charge in [-0.25, -0.2) is 4.98 Å². The normalized spacial score (nSPS) is 16.8. The molecular weight excluding hydrogens is 333 g/mol. The predicted molar refractivity (Wildman–Crippen MR) is 87.3 cm³/mol. The number of nitrogens with zero attached hydrogens (tertiary/aromatic N) is 4. The van der Waals surface area contributed by atoms with Crippen LogP contribution in [0.5, 0.6) is 0 Å². The fraction of sp³-hybridized carbons (Fsp3) is 0.412. The minimum atomic E-state index is -4.50. The molecule has 25 heavy (non-hydrogen) atoms. The van der Waals surface area contributed by atoms with Gasteiger partial charge in [0.05, 0.1) is 30.4 Å². The summed E-state index contributed by atoms with van der Waals surface area (Å²) in [7, 11) is 0. The van der Waals surface area contributed by atoms with Gasteiger partial charge in [-0.1, -0.05) is 0 Å². The van der Waals surface area contributed by atoms with E-state index in [1.54, 1.807) is 29.1 Å². The summed E-state index contributed by atoms with van der Waals surface area (Å²) in [5, 5.41) is 1.32. The zero-order valence-corrected chi connectivity index (χ0v) is 13.5. The van der Waals surface area contributed by atoms with E-state index in [9.17, 15) is 13.2 Å². The molecule has 0 bridgehead atoms. The molecule has 0 aliphatic carbocycles. The zero-order valence-electron chi connectivity index (χ0n) is 13.5. The van der Waals surface area contributed by atoms with E-state index in [1.165, 1.54) is 6.20 Å². The third-order valence-corrected chi connectivity index (χ3v) is 4.59. The molecule has 0 spiro atoms. The number of ether oxygens (including phenoxy) is 1. The van der Waals surface area contributed by atoms with Gasteiger partial charge in [0, 0.05) is 49.3 Å². The quantitative estimate of drug-likeness (QED) is 0.729. The average Bonchev–Trinajstić information content (AvgIpc) is 2.94. The van der Waals surface area contributed by atoms with Crippen LogP contribution >= 0.6 is 0 Å². The Morgan fingerprint density at radius 2 is 1.80 bits per heavy atom. The summed E-state index contributed by atoms with van der Waals surface area (Å²) in [5.41, 5.74) is -0.0151. The predicted octanol–water partition coefficient (Wildman–Crippen LogP) is 2.94. The largest absolute Gasteiger partial charge is 0.435 e. The average molecular weight is 350 g/mol. The molecule has 0 aromatic carbocycles. The molecule has 0 atom stereocenters. The number of halogens is 3. The number of aromatic nitrogens is 3. The first kappa shape index (κ1) is 16.3. The number of hydrogen-bond donors (Lipinski definition) is 0. The van der Waals surface area contributed by atoms with Crippen LogP contribution in [0.4, 0.5) is 13.2 Å². The summed E-state index contributed by atoms with van der Waals surface area (Å²) in [6.45, 7) is 4.00. The van der Waals surface area contributed by atoms with Crippen LogP contribution in [0, 0.1) is 0 Å². The van der Waals surface area contributed by atoms with Crippen molar-refractivity contribution < 1.29 is 17.9 Å². The molecule has 1 aliphatic heterocycles. The number of alkyl halides is 3. The first-order valence-corrected chi connectivity index (χ1v) is 8.14. The molecule has 0 amide bonds. The van der Waals surface area contributed by atoms with E-state index in [1.807, 2.05) is 0 Å². The van der Waals surface area contributed by atoms with Crippen LogP contribution < -0.4 is 0 Å². The van der Waals surface area contributed by atoms with Crippen molar-refractivity contribution in [2.24, 2.45) is 0 Å². The third kappa shape index (κ3) is 2.96. The molecule has 3 aromatic rings. The minimum absolute atomic E-state index is 0.131.